The van der Waals surface area contributed by atoms with E-state index in [-0.39, 0.29) is 5.82 Å². The Balaban J connectivity index is 2.30. The number of ether oxygens (including phenoxy) is 1. The predicted octanol–water partition coefficient (Wildman–Crippen LogP) is 5.13. The lowest BCUT2D eigenvalue weighted by atomic mass is 10.1. The lowest BCUT2D eigenvalue weighted by Crippen LogP contribution is -1.92. The van der Waals surface area contributed by atoms with Crippen molar-refractivity contribution in [2.45, 2.75) is 19.2 Å². The highest BCUT2D eigenvalue weighted by Crippen LogP contribution is 2.28. The lowest BCUT2D eigenvalue weighted by Gasteiger charge is -2.11. The Hall–Kier alpha value is -1.35. The van der Waals surface area contributed by atoms with Crippen molar-refractivity contribution in [3.63, 3.8) is 0 Å². The molecule has 0 heterocycles. The molecule has 2 rings (SSSR count). The van der Waals surface area contributed by atoms with Crippen LogP contribution in [0.2, 0.25) is 0 Å². The number of alkyl halides is 1. The predicted molar refractivity (Wildman–Crippen MR) is 75.0 cm³/mol. The average molecular weight is 309 g/mol. The van der Waals surface area contributed by atoms with Gasteiger partial charge in [-0.05, 0) is 55.3 Å². The number of hydrogen-bond acceptors (Lipinski definition) is 1. The third-order valence-electron chi connectivity index (χ3n) is 2.87. The topological polar surface area (TPSA) is 9.23 Å². The largest absolute Gasteiger partial charge is 0.457 e. The summed E-state index contributed by atoms with van der Waals surface area (Å²) < 4.78 is 18.9. The van der Waals surface area contributed by atoms with Crippen LogP contribution in [0.15, 0.2) is 36.4 Å². The maximum absolute atomic E-state index is 13.1. The summed E-state index contributed by atoms with van der Waals surface area (Å²) in [7, 11) is 0. The monoisotopic (exact) mass is 308 g/mol. The fourth-order valence-electron chi connectivity index (χ4n) is 1.66. The van der Waals surface area contributed by atoms with Crippen molar-refractivity contribution in [3.05, 3.63) is 58.9 Å². The van der Waals surface area contributed by atoms with Crippen LogP contribution >= 0.6 is 15.9 Å². The highest BCUT2D eigenvalue weighted by atomic mass is 79.9. The summed E-state index contributed by atoms with van der Waals surface area (Å²) in [5, 5.41) is 0.560. The van der Waals surface area contributed by atoms with Crippen LogP contribution in [0.3, 0.4) is 0 Å². The summed E-state index contributed by atoms with van der Waals surface area (Å²) in [6.07, 6.45) is 0. The summed E-state index contributed by atoms with van der Waals surface area (Å²) in [5.74, 6) is 1.19. The summed E-state index contributed by atoms with van der Waals surface area (Å²) in [4.78, 5) is 0. The normalized spacial score (nSPS) is 10.4. The maximum Gasteiger partial charge on any atom is 0.131 e. The Morgan fingerprint density at radius 3 is 2.50 bits per heavy atom. The van der Waals surface area contributed by atoms with Gasteiger partial charge in [0.25, 0.3) is 0 Å². The van der Waals surface area contributed by atoms with E-state index in [1.165, 1.54) is 23.3 Å². The molecule has 0 atom stereocenters. The first-order valence-electron chi connectivity index (χ1n) is 5.69. The van der Waals surface area contributed by atoms with Gasteiger partial charge in [-0.2, -0.15) is 0 Å². The molecule has 1 nitrogen and oxygen atoms in total. The molecule has 0 fully saturated rings. The molecular formula is C15H14BrFO. The number of rotatable bonds is 3. The van der Waals surface area contributed by atoms with Gasteiger partial charge in [0.2, 0.25) is 0 Å². The van der Waals surface area contributed by atoms with Crippen molar-refractivity contribution in [1.29, 1.82) is 0 Å². The molecule has 0 N–H and O–H groups in total. The SMILES string of the molecule is Cc1ccc(Oc2ccc(F)cc2CBr)cc1C. The first kappa shape index (κ1) is 13.1. The molecule has 0 bridgehead atoms. The van der Waals surface area contributed by atoms with Gasteiger partial charge >= 0.3 is 0 Å². The standard InChI is InChI=1S/C15H14BrFO/c1-10-3-5-14(7-11(10)2)18-15-6-4-13(17)8-12(15)9-16/h3-8H,9H2,1-2H3. The highest BCUT2D eigenvalue weighted by Gasteiger charge is 2.06. The van der Waals surface area contributed by atoms with Crippen molar-refractivity contribution in [1.82, 2.24) is 0 Å². The summed E-state index contributed by atoms with van der Waals surface area (Å²) in [6, 6.07) is 10.5. The number of hydrogen-bond donors (Lipinski definition) is 0. The number of halogens is 2. The van der Waals surface area contributed by atoms with Crippen LogP contribution in [0.25, 0.3) is 0 Å². The number of benzene rings is 2. The summed E-state index contributed by atoms with van der Waals surface area (Å²) >= 11 is 3.34. The van der Waals surface area contributed by atoms with Gasteiger partial charge in [0, 0.05) is 10.9 Å². The van der Waals surface area contributed by atoms with E-state index in [4.69, 9.17) is 4.74 Å². The minimum atomic E-state index is -0.253. The Morgan fingerprint density at radius 1 is 1.06 bits per heavy atom. The van der Waals surface area contributed by atoms with Gasteiger partial charge in [-0.25, -0.2) is 4.39 Å². The highest BCUT2D eigenvalue weighted by molar-refractivity contribution is 9.08. The van der Waals surface area contributed by atoms with Crippen molar-refractivity contribution in [2.24, 2.45) is 0 Å². The second kappa shape index (κ2) is 5.53. The molecule has 0 aromatic heterocycles. The molecule has 18 heavy (non-hydrogen) atoms. The molecule has 2 aromatic carbocycles. The van der Waals surface area contributed by atoms with Gasteiger partial charge in [0.05, 0.1) is 0 Å². The Labute approximate surface area is 115 Å². The van der Waals surface area contributed by atoms with E-state index in [0.29, 0.717) is 11.1 Å². The molecular weight excluding hydrogens is 295 g/mol. The van der Waals surface area contributed by atoms with Gasteiger partial charge in [-0.1, -0.05) is 22.0 Å². The zero-order chi connectivity index (χ0) is 13.1. The van der Waals surface area contributed by atoms with Gasteiger partial charge in [-0.3, -0.25) is 0 Å². The number of aryl methyl sites for hydroxylation is 2. The molecule has 0 spiro atoms. The third-order valence-corrected chi connectivity index (χ3v) is 3.48. The van der Waals surface area contributed by atoms with Crippen molar-refractivity contribution < 1.29 is 9.13 Å². The van der Waals surface area contributed by atoms with E-state index >= 15 is 0 Å². The van der Waals surface area contributed by atoms with Crippen LogP contribution in [0.1, 0.15) is 16.7 Å². The first-order chi connectivity index (χ1) is 8.60. The summed E-state index contributed by atoms with van der Waals surface area (Å²) in [5.41, 5.74) is 3.20. The van der Waals surface area contributed by atoms with E-state index < -0.39 is 0 Å². The molecule has 0 aliphatic rings. The van der Waals surface area contributed by atoms with E-state index in [1.54, 1.807) is 6.07 Å². The van der Waals surface area contributed by atoms with Crippen LogP contribution < -0.4 is 4.74 Å². The minimum absolute atomic E-state index is 0.253. The smallest absolute Gasteiger partial charge is 0.131 e. The molecule has 0 saturated heterocycles. The molecule has 0 unspecified atom stereocenters. The quantitative estimate of drug-likeness (QED) is 0.714. The molecule has 2 aromatic rings. The van der Waals surface area contributed by atoms with E-state index in [1.807, 2.05) is 25.1 Å². The molecule has 0 radical (unpaired) electrons. The van der Waals surface area contributed by atoms with E-state index in [0.717, 1.165) is 11.3 Å². The van der Waals surface area contributed by atoms with Crippen LogP contribution in [-0.4, -0.2) is 0 Å². The molecule has 3 heteroatoms. The molecule has 0 amide bonds. The maximum atomic E-state index is 13.1. The van der Waals surface area contributed by atoms with Crippen molar-refractivity contribution in [2.75, 3.05) is 0 Å². The summed E-state index contributed by atoms with van der Waals surface area (Å²) in [6.45, 7) is 4.10. The second-order valence-electron chi connectivity index (χ2n) is 4.23. The van der Waals surface area contributed by atoms with Crippen LogP contribution in [0.4, 0.5) is 4.39 Å². The molecule has 0 aliphatic heterocycles. The molecule has 0 aliphatic carbocycles. The zero-order valence-electron chi connectivity index (χ0n) is 10.3. The molecule has 0 saturated carbocycles. The lowest BCUT2D eigenvalue weighted by molar-refractivity contribution is 0.475. The Morgan fingerprint density at radius 2 is 1.83 bits per heavy atom. The van der Waals surface area contributed by atoms with Crippen LogP contribution in [0.5, 0.6) is 11.5 Å². The molecule has 94 valence electrons. The van der Waals surface area contributed by atoms with E-state index in [2.05, 4.69) is 22.9 Å². The van der Waals surface area contributed by atoms with Gasteiger partial charge in [-0.15, -0.1) is 0 Å². The van der Waals surface area contributed by atoms with E-state index in [9.17, 15) is 4.39 Å². The average Bonchev–Trinajstić information content (AvgIpc) is 2.36. The van der Waals surface area contributed by atoms with Gasteiger partial charge in [0.1, 0.15) is 17.3 Å². The van der Waals surface area contributed by atoms with Gasteiger partial charge < -0.3 is 4.74 Å². The first-order valence-corrected chi connectivity index (χ1v) is 6.82. The fourth-order valence-corrected chi connectivity index (χ4v) is 2.09. The Bertz CT molecular complexity index is 566. The second-order valence-corrected chi connectivity index (χ2v) is 4.79. The van der Waals surface area contributed by atoms with Gasteiger partial charge in [0.15, 0.2) is 0 Å². The van der Waals surface area contributed by atoms with Crippen molar-refractivity contribution >= 4 is 15.9 Å². The van der Waals surface area contributed by atoms with Crippen LogP contribution in [0, 0.1) is 19.7 Å². The zero-order valence-corrected chi connectivity index (χ0v) is 11.9. The Kier molecular flexibility index (Phi) is 4.02. The van der Waals surface area contributed by atoms with Crippen LogP contribution in [-0.2, 0) is 5.33 Å². The van der Waals surface area contributed by atoms with Crippen molar-refractivity contribution in [3.8, 4) is 11.5 Å². The fraction of sp³-hybridized carbons (Fsp3) is 0.200. The minimum Gasteiger partial charge on any atom is -0.457 e. The third kappa shape index (κ3) is 2.91.